The number of amides is 1. The van der Waals surface area contributed by atoms with Crippen molar-refractivity contribution in [2.24, 2.45) is 5.92 Å². The van der Waals surface area contributed by atoms with Gasteiger partial charge in [-0.2, -0.15) is 5.26 Å². The molecule has 2 atom stereocenters. The van der Waals surface area contributed by atoms with Gasteiger partial charge in [-0.1, -0.05) is 19.1 Å². The van der Waals surface area contributed by atoms with Gasteiger partial charge in [0.15, 0.2) is 6.61 Å². The number of hydrogen-bond donors (Lipinski definition) is 0. The number of para-hydroxylation sites is 1. The fourth-order valence-corrected chi connectivity index (χ4v) is 2.74. The molecule has 0 aliphatic carbocycles. The molecule has 0 aromatic heterocycles. The van der Waals surface area contributed by atoms with Crippen LogP contribution in [0.5, 0.6) is 5.75 Å². The molecule has 1 amide bonds. The first-order valence-corrected chi connectivity index (χ1v) is 7.09. The van der Waals surface area contributed by atoms with Gasteiger partial charge in [-0.25, -0.2) is 0 Å². The largest absolute Gasteiger partial charge is 0.482 e. The van der Waals surface area contributed by atoms with Gasteiger partial charge < -0.3 is 14.5 Å². The van der Waals surface area contributed by atoms with Crippen LogP contribution in [0.2, 0.25) is 0 Å². The summed E-state index contributed by atoms with van der Waals surface area (Å²) in [4.78, 5) is 16.2. The van der Waals surface area contributed by atoms with E-state index in [1.807, 2.05) is 19.0 Å². The summed E-state index contributed by atoms with van der Waals surface area (Å²) in [6.07, 6.45) is 0. The number of nitrogens with zero attached hydrogens (tertiary/aromatic N) is 3. The molecule has 5 heteroatoms. The van der Waals surface area contributed by atoms with Crippen molar-refractivity contribution in [3.8, 4) is 11.8 Å². The number of likely N-dealkylation sites (tertiary alicyclic amines) is 1. The number of likely N-dealkylation sites (N-methyl/N-ethyl adjacent to an activating group) is 1. The van der Waals surface area contributed by atoms with E-state index in [4.69, 9.17) is 10.00 Å². The second-order valence-electron chi connectivity index (χ2n) is 5.70. The summed E-state index contributed by atoms with van der Waals surface area (Å²) in [7, 11) is 4.07. The van der Waals surface area contributed by atoms with Crippen molar-refractivity contribution in [1.29, 1.82) is 5.26 Å². The molecule has 112 valence electrons. The minimum Gasteiger partial charge on any atom is -0.482 e. The predicted molar refractivity (Wildman–Crippen MR) is 79.9 cm³/mol. The van der Waals surface area contributed by atoms with E-state index in [0.29, 0.717) is 23.3 Å². The van der Waals surface area contributed by atoms with Crippen molar-refractivity contribution in [2.45, 2.75) is 13.0 Å². The first kappa shape index (κ1) is 15.3. The quantitative estimate of drug-likeness (QED) is 0.838. The van der Waals surface area contributed by atoms with Crippen molar-refractivity contribution < 1.29 is 9.53 Å². The van der Waals surface area contributed by atoms with Gasteiger partial charge in [0.25, 0.3) is 5.91 Å². The van der Waals surface area contributed by atoms with Gasteiger partial charge in [0.1, 0.15) is 11.8 Å². The number of ether oxygens (including phenoxy) is 1. The highest BCUT2D eigenvalue weighted by Crippen LogP contribution is 2.21. The zero-order valence-electron chi connectivity index (χ0n) is 12.7. The maximum absolute atomic E-state index is 12.2. The topological polar surface area (TPSA) is 56.6 Å². The first-order chi connectivity index (χ1) is 10.0. The van der Waals surface area contributed by atoms with Gasteiger partial charge in [0, 0.05) is 19.1 Å². The van der Waals surface area contributed by atoms with Gasteiger partial charge >= 0.3 is 0 Å². The molecule has 0 radical (unpaired) electrons. The lowest BCUT2D eigenvalue weighted by Crippen LogP contribution is -2.37. The summed E-state index contributed by atoms with van der Waals surface area (Å²) < 4.78 is 5.51. The average Bonchev–Trinajstić information content (AvgIpc) is 2.87. The van der Waals surface area contributed by atoms with Crippen LogP contribution in [0.1, 0.15) is 12.5 Å². The zero-order valence-corrected chi connectivity index (χ0v) is 12.7. The number of hydrogen-bond acceptors (Lipinski definition) is 4. The Morgan fingerprint density at radius 1 is 1.43 bits per heavy atom. The van der Waals surface area contributed by atoms with Crippen LogP contribution in [0, 0.1) is 17.2 Å². The highest BCUT2D eigenvalue weighted by molar-refractivity contribution is 5.78. The maximum Gasteiger partial charge on any atom is 0.260 e. The Balaban J connectivity index is 1.93. The van der Waals surface area contributed by atoms with E-state index < -0.39 is 0 Å². The van der Waals surface area contributed by atoms with E-state index >= 15 is 0 Å². The van der Waals surface area contributed by atoms with Gasteiger partial charge in [0.2, 0.25) is 0 Å². The van der Waals surface area contributed by atoms with Gasteiger partial charge in [0.05, 0.1) is 5.56 Å². The molecule has 1 fully saturated rings. The Morgan fingerprint density at radius 3 is 2.76 bits per heavy atom. The van der Waals surface area contributed by atoms with Crippen molar-refractivity contribution in [2.75, 3.05) is 33.8 Å². The molecule has 0 N–H and O–H groups in total. The number of nitriles is 1. The lowest BCUT2D eigenvalue weighted by molar-refractivity contribution is -0.132. The monoisotopic (exact) mass is 287 g/mol. The molecule has 5 nitrogen and oxygen atoms in total. The van der Waals surface area contributed by atoms with Crippen molar-refractivity contribution in [3.63, 3.8) is 0 Å². The summed E-state index contributed by atoms with van der Waals surface area (Å²) >= 11 is 0. The molecule has 1 aliphatic heterocycles. The number of rotatable bonds is 4. The standard InChI is InChI=1S/C16H21N3O2/c1-12-9-19(10-14(12)18(2)3)16(20)11-21-15-7-5-4-6-13(15)8-17/h4-7,12,14H,9-11H2,1-3H3. The third-order valence-electron chi connectivity index (χ3n) is 3.95. The molecule has 0 spiro atoms. The van der Waals surface area contributed by atoms with Gasteiger partial charge in [-0.3, -0.25) is 4.79 Å². The van der Waals surface area contributed by atoms with Gasteiger partial charge in [-0.05, 0) is 32.1 Å². The molecule has 2 unspecified atom stereocenters. The smallest absolute Gasteiger partial charge is 0.260 e. The summed E-state index contributed by atoms with van der Waals surface area (Å²) in [6, 6.07) is 9.41. The third kappa shape index (κ3) is 3.53. The first-order valence-electron chi connectivity index (χ1n) is 7.09. The van der Waals surface area contributed by atoms with E-state index in [1.54, 1.807) is 24.3 Å². The Bertz CT molecular complexity index is 551. The lowest BCUT2D eigenvalue weighted by atomic mass is 10.1. The van der Waals surface area contributed by atoms with Crippen LogP contribution in [-0.2, 0) is 4.79 Å². The Hall–Kier alpha value is -2.06. The highest BCUT2D eigenvalue weighted by atomic mass is 16.5. The van der Waals surface area contributed by atoms with E-state index in [9.17, 15) is 4.79 Å². The molecule has 0 bridgehead atoms. The van der Waals surface area contributed by atoms with Crippen LogP contribution < -0.4 is 4.74 Å². The fraction of sp³-hybridized carbons (Fsp3) is 0.500. The minimum atomic E-state index is -0.0288. The van der Waals surface area contributed by atoms with E-state index in [0.717, 1.165) is 13.1 Å². The fourth-order valence-electron chi connectivity index (χ4n) is 2.74. The number of benzene rings is 1. The molecule has 1 aromatic carbocycles. The minimum absolute atomic E-state index is 0.0223. The van der Waals surface area contributed by atoms with E-state index in [-0.39, 0.29) is 12.5 Å². The van der Waals surface area contributed by atoms with Crippen molar-refractivity contribution in [1.82, 2.24) is 9.80 Å². The zero-order chi connectivity index (χ0) is 15.4. The predicted octanol–water partition coefficient (Wildman–Crippen LogP) is 1.35. The molecule has 1 aliphatic rings. The van der Waals surface area contributed by atoms with Crippen molar-refractivity contribution >= 4 is 5.91 Å². The van der Waals surface area contributed by atoms with Crippen LogP contribution in [0.25, 0.3) is 0 Å². The molecular weight excluding hydrogens is 266 g/mol. The summed E-state index contributed by atoms with van der Waals surface area (Å²) in [5.74, 6) is 0.888. The normalized spacial score (nSPS) is 21.4. The van der Waals surface area contributed by atoms with E-state index in [2.05, 4.69) is 17.9 Å². The van der Waals surface area contributed by atoms with Crippen LogP contribution in [0.3, 0.4) is 0 Å². The van der Waals surface area contributed by atoms with Crippen LogP contribution in [-0.4, -0.2) is 55.5 Å². The second-order valence-corrected chi connectivity index (χ2v) is 5.70. The molecule has 0 saturated carbocycles. The summed E-state index contributed by atoms with van der Waals surface area (Å²) in [6.45, 7) is 3.62. The molecule has 1 saturated heterocycles. The molecule has 21 heavy (non-hydrogen) atoms. The summed E-state index contributed by atoms with van der Waals surface area (Å²) in [5.41, 5.74) is 0.450. The molecule has 1 aromatic rings. The summed E-state index contributed by atoms with van der Waals surface area (Å²) in [5, 5.41) is 8.99. The Kier molecular flexibility index (Phi) is 4.81. The maximum atomic E-state index is 12.2. The number of carbonyl (C=O) groups excluding carboxylic acids is 1. The number of carbonyl (C=O) groups is 1. The average molecular weight is 287 g/mol. The Morgan fingerprint density at radius 2 is 2.14 bits per heavy atom. The molecule has 2 rings (SSSR count). The van der Waals surface area contributed by atoms with Gasteiger partial charge in [-0.15, -0.1) is 0 Å². The van der Waals surface area contributed by atoms with Crippen LogP contribution >= 0.6 is 0 Å². The SMILES string of the molecule is CC1CN(C(=O)COc2ccccc2C#N)CC1N(C)C. The van der Waals surface area contributed by atoms with E-state index in [1.165, 1.54) is 0 Å². The lowest BCUT2D eigenvalue weighted by Gasteiger charge is -2.22. The molecule has 1 heterocycles. The Labute approximate surface area is 125 Å². The van der Waals surface area contributed by atoms with Crippen molar-refractivity contribution in [3.05, 3.63) is 29.8 Å². The van der Waals surface area contributed by atoms with Crippen LogP contribution in [0.15, 0.2) is 24.3 Å². The molecular formula is C16H21N3O2. The van der Waals surface area contributed by atoms with Crippen LogP contribution in [0.4, 0.5) is 0 Å². The third-order valence-corrected chi connectivity index (χ3v) is 3.95. The highest BCUT2D eigenvalue weighted by Gasteiger charge is 2.33. The second kappa shape index (κ2) is 6.59.